The van der Waals surface area contributed by atoms with Crippen molar-refractivity contribution in [2.24, 2.45) is 11.8 Å². The van der Waals surface area contributed by atoms with E-state index in [2.05, 4.69) is 24.5 Å². The molecule has 1 aliphatic carbocycles. The zero-order chi connectivity index (χ0) is 20.6. The molecule has 0 bridgehead atoms. The van der Waals surface area contributed by atoms with E-state index >= 15 is 0 Å². The molecule has 0 unspecified atom stereocenters. The summed E-state index contributed by atoms with van der Waals surface area (Å²) in [6, 6.07) is 17.0. The number of anilines is 1. The van der Waals surface area contributed by atoms with Gasteiger partial charge in [0.1, 0.15) is 11.5 Å². The first-order chi connectivity index (χ1) is 14.0. The van der Waals surface area contributed by atoms with Crippen LogP contribution in [0, 0.1) is 11.8 Å². The fourth-order valence-electron chi connectivity index (χ4n) is 3.75. The van der Waals surface area contributed by atoms with Crippen LogP contribution in [0.2, 0.25) is 0 Å². The summed E-state index contributed by atoms with van der Waals surface area (Å²) >= 11 is 0. The minimum Gasteiger partial charge on any atom is -0.457 e. The summed E-state index contributed by atoms with van der Waals surface area (Å²) in [6.45, 7) is 4.44. The van der Waals surface area contributed by atoms with Gasteiger partial charge >= 0.3 is 0 Å². The summed E-state index contributed by atoms with van der Waals surface area (Å²) in [4.78, 5) is 24.4. The third kappa shape index (κ3) is 6.34. The van der Waals surface area contributed by atoms with Gasteiger partial charge in [0, 0.05) is 24.6 Å². The first kappa shape index (κ1) is 20.9. The van der Waals surface area contributed by atoms with Crippen molar-refractivity contribution >= 4 is 17.5 Å². The molecule has 1 aliphatic rings. The first-order valence-corrected chi connectivity index (χ1v) is 10.4. The molecular formula is C24H30N2O3. The Labute approximate surface area is 172 Å². The Kier molecular flexibility index (Phi) is 7.28. The highest BCUT2D eigenvalue weighted by Gasteiger charge is 2.28. The Morgan fingerprint density at radius 2 is 1.55 bits per heavy atom. The Morgan fingerprint density at radius 3 is 2.28 bits per heavy atom. The van der Waals surface area contributed by atoms with Gasteiger partial charge in [-0.25, -0.2) is 0 Å². The molecule has 3 rings (SSSR count). The van der Waals surface area contributed by atoms with E-state index in [1.807, 2.05) is 30.3 Å². The van der Waals surface area contributed by atoms with Crippen LogP contribution in [0.1, 0.15) is 46.0 Å². The highest BCUT2D eigenvalue weighted by Crippen LogP contribution is 2.29. The maximum absolute atomic E-state index is 12.2. The molecule has 1 saturated carbocycles. The predicted molar refractivity (Wildman–Crippen MR) is 115 cm³/mol. The Morgan fingerprint density at radius 1 is 0.897 bits per heavy atom. The smallest absolute Gasteiger partial charge is 0.224 e. The minimum atomic E-state index is -0.165. The van der Waals surface area contributed by atoms with Crippen LogP contribution in [-0.2, 0) is 9.59 Å². The molecule has 5 nitrogen and oxygen atoms in total. The second kappa shape index (κ2) is 10.1. The highest BCUT2D eigenvalue weighted by atomic mass is 16.5. The summed E-state index contributed by atoms with van der Waals surface area (Å²) in [5, 5.41) is 5.95. The van der Waals surface area contributed by atoms with Crippen LogP contribution in [-0.4, -0.2) is 17.9 Å². The zero-order valence-electron chi connectivity index (χ0n) is 17.2. The predicted octanol–water partition coefficient (Wildman–Crippen LogP) is 5.14. The lowest BCUT2D eigenvalue weighted by Gasteiger charge is -2.34. The molecule has 2 N–H and O–H groups in total. The summed E-state index contributed by atoms with van der Waals surface area (Å²) < 4.78 is 5.74. The van der Waals surface area contributed by atoms with Gasteiger partial charge < -0.3 is 15.4 Å². The van der Waals surface area contributed by atoms with Gasteiger partial charge in [0.2, 0.25) is 11.8 Å². The second-order valence-electron chi connectivity index (χ2n) is 7.93. The lowest BCUT2D eigenvalue weighted by molar-refractivity contribution is -0.125. The van der Waals surface area contributed by atoms with E-state index in [9.17, 15) is 9.59 Å². The Balaban J connectivity index is 1.41. The number of hydrogen-bond donors (Lipinski definition) is 2. The topological polar surface area (TPSA) is 67.4 Å². The molecule has 154 valence electrons. The highest BCUT2D eigenvalue weighted by molar-refractivity contribution is 5.93. The quantitative estimate of drug-likeness (QED) is 0.683. The van der Waals surface area contributed by atoms with Crippen LogP contribution in [0.25, 0.3) is 0 Å². The van der Waals surface area contributed by atoms with Crippen molar-refractivity contribution in [2.45, 2.75) is 52.0 Å². The van der Waals surface area contributed by atoms with Crippen molar-refractivity contribution < 1.29 is 14.3 Å². The molecule has 0 aliphatic heterocycles. The largest absolute Gasteiger partial charge is 0.457 e. The molecule has 3 atom stereocenters. The monoisotopic (exact) mass is 394 g/mol. The fraction of sp³-hybridized carbons (Fsp3) is 0.417. The molecule has 0 heterocycles. The van der Waals surface area contributed by atoms with Gasteiger partial charge in [-0.1, -0.05) is 44.9 Å². The number of carbonyl (C=O) groups is 2. The zero-order valence-corrected chi connectivity index (χ0v) is 17.2. The molecule has 2 aromatic carbocycles. The van der Waals surface area contributed by atoms with Crippen LogP contribution < -0.4 is 15.4 Å². The summed E-state index contributed by atoms with van der Waals surface area (Å²) in [5.74, 6) is 2.37. The van der Waals surface area contributed by atoms with Crippen LogP contribution in [0.4, 0.5) is 5.69 Å². The maximum Gasteiger partial charge on any atom is 0.224 e. The summed E-state index contributed by atoms with van der Waals surface area (Å²) in [7, 11) is 0. The minimum absolute atomic E-state index is 0.0438. The van der Waals surface area contributed by atoms with Gasteiger partial charge in [0.25, 0.3) is 0 Å². The van der Waals surface area contributed by atoms with Crippen molar-refractivity contribution in [3.05, 3.63) is 54.6 Å². The van der Waals surface area contributed by atoms with Crippen molar-refractivity contribution in [3.8, 4) is 11.5 Å². The fourth-order valence-corrected chi connectivity index (χ4v) is 3.75. The number of benzene rings is 2. The van der Waals surface area contributed by atoms with Crippen LogP contribution in [0.15, 0.2) is 54.6 Å². The third-order valence-electron chi connectivity index (χ3n) is 5.75. The van der Waals surface area contributed by atoms with Crippen LogP contribution in [0.5, 0.6) is 11.5 Å². The number of amides is 2. The van der Waals surface area contributed by atoms with Gasteiger partial charge in [0.05, 0.1) is 0 Å². The van der Waals surface area contributed by atoms with E-state index in [4.69, 9.17) is 4.74 Å². The molecule has 5 heteroatoms. The molecule has 29 heavy (non-hydrogen) atoms. The number of carbonyl (C=O) groups excluding carboxylic acids is 2. The van der Waals surface area contributed by atoms with Crippen molar-refractivity contribution in [3.63, 3.8) is 0 Å². The molecule has 1 fully saturated rings. The molecule has 0 saturated heterocycles. The molecule has 0 radical (unpaired) electrons. The van der Waals surface area contributed by atoms with E-state index < -0.39 is 0 Å². The van der Waals surface area contributed by atoms with E-state index in [1.165, 1.54) is 6.42 Å². The third-order valence-corrected chi connectivity index (χ3v) is 5.75. The van der Waals surface area contributed by atoms with Gasteiger partial charge in [-0.3, -0.25) is 9.59 Å². The lowest BCUT2D eigenvalue weighted by atomic mass is 9.78. The van der Waals surface area contributed by atoms with E-state index in [0.29, 0.717) is 23.3 Å². The first-order valence-electron chi connectivity index (χ1n) is 10.4. The van der Waals surface area contributed by atoms with Crippen LogP contribution >= 0.6 is 0 Å². The van der Waals surface area contributed by atoms with Gasteiger partial charge in [0.15, 0.2) is 0 Å². The average Bonchev–Trinajstić information content (AvgIpc) is 2.72. The standard InChI is InChI=1S/C24H30N2O3/c1-17-7-6-10-22(18(17)2)26-24(28)16-15-23(27)25-19-11-13-21(14-12-19)29-20-8-4-3-5-9-20/h3-5,8-9,11-14,17-18,22H,6-7,10,15-16H2,1-2H3,(H,25,27)(H,26,28)/t17-,18+,22+/m0/s1. The van der Waals surface area contributed by atoms with E-state index in [1.54, 1.807) is 24.3 Å². The van der Waals surface area contributed by atoms with Crippen molar-refractivity contribution in [1.29, 1.82) is 0 Å². The van der Waals surface area contributed by atoms with Gasteiger partial charge in [-0.05, 0) is 54.7 Å². The molecule has 0 spiro atoms. The SMILES string of the molecule is C[C@@H]1[C@@H](C)CCC[C@H]1NC(=O)CCC(=O)Nc1ccc(Oc2ccccc2)cc1. The number of para-hydroxylation sites is 1. The van der Waals surface area contributed by atoms with Crippen molar-refractivity contribution in [1.82, 2.24) is 5.32 Å². The van der Waals surface area contributed by atoms with Crippen LogP contribution in [0.3, 0.4) is 0 Å². The number of ether oxygens (including phenoxy) is 1. The maximum atomic E-state index is 12.2. The lowest BCUT2D eigenvalue weighted by Crippen LogP contribution is -2.43. The van der Waals surface area contributed by atoms with Gasteiger partial charge in [-0.15, -0.1) is 0 Å². The normalized spacial score (nSPS) is 21.2. The Bertz CT molecular complexity index is 805. The summed E-state index contributed by atoms with van der Waals surface area (Å²) in [5.41, 5.74) is 0.686. The summed E-state index contributed by atoms with van der Waals surface area (Å²) in [6.07, 6.45) is 3.79. The van der Waals surface area contributed by atoms with E-state index in [0.717, 1.165) is 18.6 Å². The van der Waals surface area contributed by atoms with Crippen molar-refractivity contribution in [2.75, 3.05) is 5.32 Å². The molecule has 0 aromatic heterocycles. The molecular weight excluding hydrogens is 364 g/mol. The number of nitrogens with one attached hydrogen (secondary N) is 2. The number of rotatable bonds is 7. The second-order valence-corrected chi connectivity index (χ2v) is 7.93. The van der Waals surface area contributed by atoms with Gasteiger partial charge in [-0.2, -0.15) is 0 Å². The number of hydrogen-bond acceptors (Lipinski definition) is 3. The van der Waals surface area contributed by atoms with E-state index in [-0.39, 0.29) is 30.7 Å². The molecule has 2 amide bonds. The Hall–Kier alpha value is -2.82. The average molecular weight is 395 g/mol. The molecule has 2 aromatic rings.